The predicted octanol–water partition coefficient (Wildman–Crippen LogP) is 3.55. The standard InChI is InChI=1S/C19H15F2N3O3S/c20-15-7-4-8-16(21)14(15)12-28(26,27)24-18-11-22-10-9-17(18)23-19(25)13-5-2-1-3-6-13/h1-11,24H,12H2,(H,22,23,25). The van der Waals surface area contributed by atoms with Crippen molar-refractivity contribution in [2.75, 3.05) is 10.0 Å². The Morgan fingerprint density at radius 3 is 2.29 bits per heavy atom. The van der Waals surface area contributed by atoms with Crippen LogP contribution in [0.15, 0.2) is 67.0 Å². The third-order valence-electron chi connectivity index (χ3n) is 3.77. The zero-order valence-corrected chi connectivity index (χ0v) is 15.2. The molecule has 0 bridgehead atoms. The van der Waals surface area contributed by atoms with Crippen LogP contribution in [0.3, 0.4) is 0 Å². The van der Waals surface area contributed by atoms with Gasteiger partial charge in [-0.2, -0.15) is 0 Å². The number of anilines is 2. The van der Waals surface area contributed by atoms with Gasteiger partial charge in [-0.05, 0) is 30.3 Å². The van der Waals surface area contributed by atoms with Gasteiger partial charge in [-0.25, -0.2) is 17.2 Å². The number of rotatable bonds is 6. The summed E-state index contributed by atoms with van der Waals surface area (Å²) < 4.78 is 54.5. The highest BCUT2D eigenvalue weighted by molar-refractivity contribution is 7.91. The zero-order chi connectivity index (χ0) is 20.1. The maximum atomic E-state index is 13.8. The number of carbonyl (C=O) groups excluding carboxylic acids is 1. The quantitative estimate of drug-likeness (QED) is 0.659. The molecule has 0 aliphatic heterocycles. The number of sulfonamides is 1. The number of hydrogen-bond acceptors (Lipinski definition) is 4. The molecule has 144 valence electrons. The first-order valence-corrected chi connectivity index (χ1v) is 9.75. The van der Waals surface area contributed by atoms with Gasteiger partial charge in [0.2, 0.25) is 10.0 Å². The number of amides is 1. The van der Waals surface area contributed by atoms with E-state index in [0.717, 1.165) is 18.2 Å². The molecule has 6 nitrogen and oxygen atoms in total. The summed E-state index contributed by atoms with van der Waals surface area (Å²) in [5.74, 6) is -3.29. The Kier molecular flexibility index (Phi) is 5.65. The van der Waals surface area contributed by atoms with E-state index in [0.29, 0.717) is 5.56 Å². The smallest absolute Gasteiger partial charge is 0.255 e. The molecule has 1 aromatic heterocycles. The van der Waals surface area contributed by atoms with Gasteiger partial charge in [0.15, 0.2) is 0 Å². The molecule has 3 aromatic rings. The molecule has 0 saturated heterocycles. The zero-order valence-electron chi connectivity index (χ0n) is 14.4. The average Bonchev–Trinajstić information content (AvgIpc) is 2.67. The predicted molar refractivity (Wildman–Crippen MR) is 101 cm³/mol. The van der Waals surface area contributed by atoms with E-state index in [1.807, 2.05) is 0 Å². The first-order chi connectivity index (χ1) is 13.4. The monoisotopic (exact) mass is 403 g/mol. The Morgan fingerprint density at radius 2 is 1.61 bits per heavy atom. The van der Waals surface area contributed by atoms with Gasteiger partial charge >= 0.3 is 0 Å². The van der Waals surface area contributed by atoms with Crippen molar-refractivity contribution >= 4 is 27.3 Å². The molecule has 0 aliphatic rings. The van der Waals surface area contributed by atoms with Crippen molar-refractivity contribution in [2.24, 2.45) is 0 Å². The SMILES string of the molecule is O=C(Nc1ccncc1NS(=O)(=O)Cc1c(F)cccc1F)c1ccccc1. The minimum atomic E-state index is -4.18. The van der Waals surface area contributed by atoms with Crippen LogP contribution in [-0.4, -0.2) is 19.3 Å². The third kappa shape index (κ3) is 4.68. The van der Waals surface area contributed by atoms with Gasteiger partial charge in [-0.15, -0.1) is 0 Å². The maximum Gasteiger partial charge on any atom is 0.255 e. The lowest BCUT2D eigenvalue weighted by molar-refractivity contribution is 0.102. The van der Waals surface area contributed by atoms with Crippen LogP contribution in [-0.2, 0) is 15.8 Å². The molecule has 0 unspecified atom stereocenters. The number of pyridine rings is 1. The summed E-state index contributed by atoms with van der Waals surface area (Å²) in [7, 11) is -4.18. The second-order valence-corrected chi connectivity index (χ2v) is 7.53. The summed E-state index contributed by atoms with van der Waals surface area (Å²) in [4.78, 5) is 16.1. The lowest BCUT2D eigenvalue weighted by Crippen LogP contribution is -2.19. The molecule has 0 radical (unpaired) electrons. The van der Waals surface area contributed by atoms with Crippen LogP contribution in [0, 0.1) is 11.6 Å². The van der Waals surface area contributed by atoms with Crippen LogP contribution in [0.2, 0.25) is 0 Å². The lowest BCUT2D eigenvalue weighted by atomic mass is 10.2. The molecule has 0 atom stereocenters. The van der Waals surface area contributed by atoms with Crippen molar-refractivity contribution < 1.29 is 22.0 Å². The van der Waals surface area contributed by atoms with Crippen molar-refractivity contribution in [3.8, 4) is 0 Å². The van der Waals surface area contributed by atoms with Crippen LogP contribution in [0.1, 0.15) is 15.9 Å². The van der Waals surface area contributed by atoms with Crippen molar-refractivity contribution in [1.29, 1.82) is 0 Å². The van der Waals surface area contributed by atoms with E-state index in [2.05, 4.69) is 15.0 Å². The molecule has 0 spiro atoms. The molecule has 2 N–H and O–H groups in total. The molecule has 1 amide bonds. The third-order valence-corrected chi connectivity index (χ3v) is 4.97. The molecule has 0 fully saturated rings. The molecule has 28 heavy (non-hydrogen) atoms. The van der Waals surface area contributed by atoms with E-state index >= 15 is 0 Å². The molecule has 0 saturated carbocycles. The molecule has 0 aliphatic carbocycles. The van der Waals surface area contributed by atoms with E-state index in [-0.39, 0.29) is 11.4 Å². The topological polar surface area (TPSA) is 88.2 Å². The summed E-state index contributed by atoms with van der Waals surface area (Å²) in [6.07, 6.45) is 2.56. The van der Waals surface area contributed by atoms with Crippen molar-refractivity contribution in [3.63, 3.8) is 0 Å². The molecule has 3 rings (SSSR count). The second-order valence-electron chi connectivity index (χ2n) is 5.80. The second kappa shape index (κ2) is 8.13. The fourth-order valence-corrected chi connectivity index (χ4v) is 3.66. The van der Waals surface area contributed by atoms with Crippen LogP contribution in [0.5, 0.6) is 0 Å². The highest BCUT2D eigenvalue weighted by Gasteiger charge is 2.20. The van der Waals surface area contributed by atoms with Crippen LogP contribution >= 0.6 is 0 Å². The minimum Gasteiger partial charge on any atom is -0.320 e. The van der Waals surface area contributed by atoms with Crippen LogP contribution in [0.25, 0.3) is 0 Å². The highest BCUT2D eigenvalue weighted by Crippen LogP contribution is 2.24. The largest absolute Gasteiger partial charge is 0.320 e. The fourth-order valence-electron chi connectivity index (χ4n) is 2.43. The summed E-state index contributed by atoms with van der Waals surface area (Å²) in [6.45, 7) is 0. The van der Waals surface area contributed by atoms with E-state index in [9.17, 15) is 22.0 Å². The molecular weight excluding hydrogens is 388 g/mol. The first kappa shape index (κ1) is 19.4. The fraction of sp³-hybridized carbons (Fsp3) is 0.0526. The minimum absolute atomic E-state index is 0.0245. The Morgan fingerprint density at radius 1 is 0.929 bits per heavy atom. The Hall–Kier alpha value is -3.33. The van der Waals surface area contributed by atoms with Crippen molar-refractivity contribution in [1.82, 2.24) is 4.98 Å². The average molecular weight is 403 g/mol. The molecule has 2 aromatic carbocycles. The number of nitrogens with one attached hydrogen (secondary N) is 2. The normalized spacial score (nSPS) is 11.1. The first-order valence-electron chi connectivity index (χ1n) is 8.09. The summed E-state index contributed by atoms with van der Waals surface area (Å²) in [5, 5.41) is 2.58. The number of halogens is 2. The number of aromatic nitrogens is 1. The molecule has 1 heterocycles. The number of hydrogen-bond donors (Lipinski definition) is 2. The maximum absolute atomic E-state index is 13.8. The summed E-state index contributed by atoms with van der Waals surface area (Å²) >= 11 is 0. The van der Waals surface area contributed by atoms with E-state index in [4.69, 9.17) is 0 Å². The van der Waals surface area contributed by atoms with Gasteiger partial charge < -0.3 is 5.32 Å². The van der Waals surface area contributed by atoms with Gasteiger partial charge in [0.25, 0.3) is 5.91 Å². The van der Waals surface area contributed by atoms with Crippen molar-refractivity contribution in [2.45, 2.75) is 5.75 Å². The Labute approximate surface area is 160 Å². The summed E-state index contributed by atoms with van der Waals surface area (Å²) in [5.41, 5.74) is -0.0692. The summed E-state index contributed by atoms with van der Waals surface area (Å²) in [6, 6.07) is 12.8. The van der Waals surface area contributed by atoms with E-state index < -0.39 is 38.9 Å². The molecular formula is C19H15F2N3O3S. The number of nitrogens with zero attached hydrogens (tertiary/aromatic N) is 1. The van der Waals surface area contributed by atoms with Gasteiger partial charge in [0.1, 0.15) is 17.4 Å². The number of carbonyl (C=O) groups is 1. The van der Waals surface area contributed by atoms with Gasteiger partial charge in [0, 0.05) is 17.3 Å². The van der Waals surface area contributed by atoms with Gasteiger partial charge in [-0.1, -0.05) is 24.3 Å². The van der Waals surface area contributed by atoms with Crippen LogP contribution in [0.4, 0.5) is 20.2 Å². The Balaban J connectivity index is 1.82. The van der Waals surface area contributed by atoms with Crippen LogP contribution < -0.4 is 10.0 Å². The van der Waals surface area contributed by atoms with Gasteiger partial charge in [0.05, 0.1) is 17.6 Å². The van der Waals surface area contributed by atoms with E-state index in [1.54, 1.807) is 30.3 Å². The lowest BCUT2D eigenvalue weighted by Gasteiger charge is -2.13. The highest BCUT2D eigenvalue weighted by atomic mass is 32.2. The van der Waals surface area contributed by atoms with Gasteiger partial charge in [-0.3, -0.25) is 14.5 Å². The number of benzene rings is 2. The van der Waals surface area contributed by atoms with Crippen molar-refractivity contribution in [3.05, 3.63) is 89.8 Å². The molecule has 9 heteroatoms. The van der Waals surface area contributed by atoms with E-state index in [1.165, 1.54) is 18.5 Å². The Bertz CT molecular complexity index is 1090.